The molecule has 7 nitrogen and oxygen atoms in total. The number of ether oxygens (including phenoxy) is 3. The van der Waals surface area contributed by atoms with E-state index in [1.165, 1.54) is 13.2 Å². The van der Waals surface area contributed by atoms with Crippen molar-refractivity contribution in [3.8, 4) is 11.5 Å². The van der Waals surface area contributed by atoms with Crippen molar-refractivity contribution in [2.75, 3.05) is 12.8 Å². The maximum absolute atomic E-state index is 11.9. The van der Waals surface area contributed by atoms with Crippen molar-refractivity contribution in [3.63, 3.8) is 0 Å². The van der Waals surface area contributed by atoms with Gasteiger partial charge in [0.05, 0.1) is 19.2 Å². The maximum atomic E-state index is 11.9. The Morgan fingerprint density at radius 3 is 2.52 bits per heavy atom. The summed E-state index contributed by atoms with van der Waals surface area (Å²) in [7, 11) is 1.50. The number of carbonyl (C=O) groups is 2. The Balaban J connectivity index is 2.55. The molecular weight excluding hydrogens is 300 g/mol. The highest BCUT2D eigenvalue weighted by atomic mass is 16.6. The summed E-state index contributed by atoms with van der Waals surface area (Å²) in [6, 6.07) is 4.34. The molecule has 23 heavy (non-hydrogen) atoms. The molecule has 7 heteroatoms. The third-order valence-electron chi connectivity index (χ3n) is 2.68. The van der Waals surface area contributed by atoms with Gasteiger partial charge in [-0.25, -0.2) is 4.79 Å². The molecule has 0 saturated carbocycles. The van der Waals surface area contributed by atoms with E-state index in [9.17, 15) is 9.59 Å². The van der Waals surface area contributed by atoms with E-state index < -0.39 is 23.7 Å². The summed E-state index contributed by atoms with van der Waals surface area (Å²) >= 11 is 0. The summed E-state index contributed by atoms with van der Waals surface area (Å²) in [4.78, 5) is 23.6. The highest BCUT2D eigenvalue weighted by molar-refractivity contribution is 5.76. The smallest absolute Gasteiger partial charge is 0.407 e. The first kappa shape index (κ1) is 18.6. The van der Waals surface area contributed by atoms with Crippen LogP contribution in [0.2, 0.25) is 0 Å². The van der Waals surface area contributed by atoms with Gasteiger partial charge in [-0.1, -0.05) is 0 Å². The van der Waals surface area contributed by atoms with E-state index in [0.717, 1.165) is 0 Å². The number of esters is 1. The number of hydrogen-bond acceptors (Lipinski definition) is 6. The maximum Gasteiger partial charge on any atom is 0.407 e. The zero-order valence-corrected chi connectivity index (χ0v) is 14.1. The zero-order chi connectivity index (χ0) is 17.6. The quantitative estimate of drug-likeness (QED) is 0.490. The molecule has 1 unspecified atom stereocenters. The molecule has 0 saturated heterocycles. The van der Waals surface area contributed by atoms with Gasteiger partial charge in [-0.2, -0.15) is 0 Å². The van der Waals surface area contributed by atoms with Gasteiger partial charge in [-0.3, -0.25) is 4.79 Å². The first-order valence-electron chi connectivity index (χ1n) is 7.24. The Bertz CT molecular complexity index is 566. The van der Waals surface area contributed by atoms with Crippen LogP contribution in [0.3, 0.4) is 0 Å². The molecule has 1 amide bonds. The van der Waals surface area contributed by atoms with Gasteiger partial charge in [-0.05, 0) is 39.8 Å². The number of amides is 1. The van der Waals surface area contributed by atoms with Gasteiger partial charge in [0, 0.05) is 12.1 Å². The van der Waals surface area contributed by atoms with E-state index in [0.29, 0.717) is 11.4 Å². The number of anilines is 1. The lowest BCUT2D eigenvalue weighted by molar-refractivity contribution is -0.134. The highest BCUT2D eigenvalue weighted by Crippen LogP contribution is 2.27. The number of alkyl carbamates (subject to hydrolysis) is 1. The Kier molecular flexibility index (Phi) is 6.24. The number of hydrogen-bond donors (Lipinski definition) is 2. The molecule has 0 bridgehead atoms. The van der Waals surface area contributed by atoms with Gasteiger partial charge in [0.1, 0.15) is 11.4 Å². The highest BCUT2D eigenvalue weighted by Gasteiger charge is 2.20. The van der Waals surface area contributed by atoms with Crippen molar-refractivity contribution in [3.05, 3.63) is 18.2 Å². The van der Waals surface area contributed by atoms with Crippen LogP contribution in [0.4, 0.5) is 10.5 Å². The average Bonchev–Trinajstić information content (AvgIpc) is 2.38. The molecule has 1 aromatic rings. The lowest BCUT2D eigenvalue weighted by Gasteiger charge is -2.21. The number of benzene rings is 1. The second-order valence-electron chi connectivity index (χ2n) is 6.13. The van der Waals surface area contributed by atoms with Gasteiger partial charge in [0.25, 0.3) is 0 Å². The molecule has 0 aromatic heterocycles. The van der Waals surface area contributed by atoms with Gasteiger partial charge in [0.2, 0.25) is 0 Å². The van der Waals surface area contributed by atoms with Crippen LogP contribution in [0.25, 0.3) is 0 Å². The van der Waals surface area contributed by atoms with Gasteiger partial charge < -0.3 is 25.3 Å². The van der Waals surface area contributed by atoms with Crippen molar-refractivity contribution >= 4 is 17.7 Å². The molecule has 128 valence electrons. The number of nitrogens with two attached hydrogens (primary N) is 1. The monoisotopic (exact) mass is 324 g/mol. The number of nitrogen functional groups attached to an aromatic ring is 1. The Morgan fingerprint density at radius 1 is 1.30 bits per heavy atom. The summed E-state index contributed by atoms with van der Waals surface area (Å²) in [6.45, 7) is 6.96. The molecule has 0 heterocycles. The van der Waals surface area contributed by atoms with E-state index in [1.807, 2.05) is 0 Å². The first-order valence-corrected chi connectivity index (χ1v) is 7.24. The SMILES string of the molecule is COc1ccc(N)c(OC(=O)CC(C)NC(=O)OC(C)(C)C)c1. The van der Waals surface area contributed by atoms with Crippen molar-refractivity contribution in [1.29, 1.82) is 0 Å². The molecule has 1 atom stereocenters. The minimum Gasteiger partial charge on any atom is -0.497 e. The third kappa shape index (κ3) is 6.90. The lowest BCUT2D eigenvalue weighted by Crippen LogP contribution is -2.39. The fourth-order valence-corrected chi connectivity index (χ4v) is 1.70. The molecule has 0 spiro atoms. The predicted molar refractivity (Wildman–Crippen MR) is 86.5 cm³/mol. The molecule has 0 aliphatic rings. The van der Waals surface area contributed by atoms with Crippen LogP contribution >= 0.6 is 0 Å². The van der Waals surface area contributed by atoms with E-state index in [1.54, 1.807) is 39.8 Å². The molecule has 1 rings (SSSR count). The van der Waals surface area contributed by atoms with Crippen LogP contribution < -0.4 is 20.5 Å². The minimum atomic E-state index is -0.598. The second kappa shape index (κ2) is 7.71. The average molecular weight is 324 g/mol. The fraction of sp³-hybridized carbons (Fsp3) is 0.500. The first-order chi connectivity index (χ1) is 10.6. The van der Waals surface area contributed by atoms with Crippen molar-refractivity contribution in [1.82, 2.24) is 5.32 Å². The molecule has 0 aliphatic heterocycles. The standard InChI is InChI=1S/C16H24N2O5/c1-10(18-15(20)23-16(2,3)4)8-14(19)22-13-9-11(21-5)6-7-12(13)17/h6-7,9-10H,8,17H2,1-5H3,(H,18,20). The minimum absolute atomic E-state index is 0.0180. The van der Waals surface area contributed by atoms with E-state index in [4.69, 9.17) is 19.9 Å². The van der Waals surface area contributed by atoms with E-state index in [2.05, 4.69) is 5.32 Å². The fourth-order valence-electron chi connectivity index (χ4n) is 1.70. The van der Waals surface area contributed by atoms with Crippen molar-refractivity contribution < 1.29 is 23.8 Å². The van der Waals surface area contributed by atoms with Crippen LogP contribution in [0.15, 0.2) is 18.2 Å². The molecule has 1 aromatic carbocycles. The van der Waals surface area contributed by atoms with Gasteiger partial charge in [-0.15, -0.1) is 0 Å². The second-order valence-corrected chi connectivity index (χ2v) is 6.13. The number of methoxy groups -OCH3 is 1. The summed E-state index contributed by atoms with van der Waals surface area (Å²) in [6.07, 6.45) is -0.603. The number of carbonyl (C=O) groups excluding carboxylic acids is 2. The predicted octanol–water partition coefficient (Wildman–Crippen LogP) is 2.49. The summed E-state index contributed by atoms with van der Waals surface area (Å²) < 4.78 is 15.4. The zero-order valence-electron chi connectivity index (χ0n) is 14.1. The van der Waals surface area contributed by atoms with Gasteiger partial charge >= 0.3 is 12.1 Å². The van der Waals surface area contributed by atoms with E-state index in [-0.39, 0.29) is 12.2 Å². The van der Waals surface area contributed by atoms with Gasteiger partial charge in [0.15, 0.2) is 5.75 Å². The normalized spacial score (nSPS) is 12.2. The molecule has 0 radical (unpaired) electrons. The van der Waals surface area contributed by atoms with Crippen LogP contribution in [0.5, 0.6) is 11.5 Å². The van der Waals surface area contributed by atoms with Crippen molar-refractivity contribution in [2.45, 2.75) is 45.8 Å². The van der Waals surface area contributed by atoms with E-state index >= 15 is 0 Å². The van der Waals surface area contributed by atoms with Crippen LogP contribution in [-0.2, 0) is 9.53 Å². The summed E-state index contributed by atoms with van der Waals surface area (Å²) in [5, 5.41) is 2.57. The Labute approximate surface area is 136 Å². The molecule has 0 fully saturated rings. The number of rotatable bonds is 5. The molecular formula is C16H24N2O5. The van der Waals surface area contributed by atoms with Crippen LogP contribution in [0.1, 0.15) is 34.1 Å². The number of nitrogens with one attached hydrogen (secondary N) is 1. The largest absolute Gasteiger partial charge is 0.497 e. The Hall–Kier alpha value is -2.44. The summed E-state index contributed by atoms with van der Waals surface area (Å²) in [5.41, 5.74) is 5.48. The third-order valence-corrected chi connectivity index (χ3v) is 2.68. The van der Waals surface area contributed by atoms with Crippen molar-refractivity contribution in [2.24, 2.45) is 0 Å². The molecule has 0 aliphatic carbocycles. The van der Waals surface area contributed by atoms with Crippen LogP contribution in [-0.4, -0.2) is 30.8 Å². The lowest BCUT2D eigenvalue weighted by atomic mass is 10.2. The molecule has 3 N–H and O–H groups in total. The van der Waals surface area contributed by atoms with Crippen LogP contribution in [0, 0.1) is 0 Å². The summed E-state index contributed by atoms with van der Waals surface area (Å²) in [5.74, 6) is 0.231. The Morgan fingerprint density at radius 2 is 1.96 bits per heavy atom. The topological polar surface area (TPSA) is 99.9 Å².